The maximum atomic E-state index is 12.3. The first-order valence-corrected chi connectivity index (χ1v) is 8.44. The molecule has 2 aliphatic rings. The summed E-state index contributed by atoms with van der Waals surface area (Å²) in [4.78, 5) is 28.0. The fraction of sp³-hybridized carbons (Fsp3) is 0.556. The van der Waals surface area contributed by atoms with Crippen molar-refractivity contribution in [2.45, 2.75) is 38.3 Å². The number of amides is 3. The maximum Gasteiger partial charge on any atom is 0.325 e. The molecule has 0 aliphatic carbocycles. The predicted octanol–water partition coefficient (Wildman–Crippen LogP) is 2.16. The Morgan fingerprint density at radius 1 is 1.29 bits per heavy atom. The zero-order valence-electron chi connectivity index (χ0n) is 14.5. The van der Waals surface area contributed by atoms with Crippen LogP contribution in [0, 0.1) is 0 Å². The molecule has 2 saturated heterocycles. The molecule has 0 radical (unpaired) electrons. The third kappa shape index (κ3) is 3.11. The molecule has 1 aromatic rings. The lowest BCUT2D eigenvalue weighted by Crippen LogP contribution is -2.41. The van der Waals surface area contributed by atoms with E-state index in [1.165, 1.54) is 10.5 Å². The Morgan fingerprint density at radius 3 is 2.75 bits per heavy atom. The van der Waals surface area contributed by atoms with E-state index in [1.807, 2.05) is 12.1 Å². The van der Waals surface area contributed by atoms with E-state index in [4.69, 9.17) is 4.74 Å². The average Bonchev–Trinajstić information content (AvgIpc) is 3.09. The summed E-state index contributed by atoms with van der Waals surface area (Å²) in [6, 6.07) is 8.15. The smallest absolute Gasteiger partial charge is 0.325 e. The van der Waals surface area contributed by atoms with Gasteiger partial charge in [-0.1, -0.05) is 12.1 Å². The van der Waals surface area contributed by atoms with Gasteiger partial charge in [0.05, 0.1) is 7.11 Å². The lowest BCUT2D eigenvalue weighted by molar-refractivity contribution is -0.130. The summed E-state index contributed by atoms with van der Waals surface area (Å²) in [7, 11) is 1.67. The molecule has 1 atom stereocenters. The van der Waals surface area contributed by atoms with Crippen molar-refractivity contribution in [3.63, 3.8) is 0 Å². The Labute approximate surface area is 142 Å². The fourth-order valence-electron chi connectivity index (χ4n) is 3.57. The minimum atomic E-state index is -0.797. The first kappa shape index (κ1) is 16.8. The lowest BCUT2D eigenvalue weighted by Gasteiger charge is -2.26. The van der Waals surface area contributed by atoms with Crippen molar-refractivity contribution < 1.29 is 14.3 Å². The van der Waals surface area contributed by atoms with Crippen molar-refractivity contribution in [3.8, 4) is 5.75 Å². The number of carbonyl (C=O) groups is 2. The predicted molar refractivity (Wildman–Crippen MR) is 90.9 cm³/mol. The summed E-state index contributed by atoms with van der Waals surface area (Å²) in [5, 5.41) is 2.73. The maximum absolute atomic E-state index is 12.3. The second-order valence-electron chi connectivity index (χ2n) is 6.98. The van der Waals surface area contributed by atoms with Crippen LogP contribution in [0.15, 0.2) is 24.3 Å². The van der Waals surface area contributed by atoms with Crippen LogP contribution in [0.3, 0.4) is 0 Å². The number of rotatable bonds is 5. The van der Waals surface area contributed by atoms with Gasteiger partial charge in [-0.25, -0.2) is 4.79 Å². The highest BCUT2D eigenvalue weighted by molar-refractivity contribution is 6.06. The van der Waals surface area contributed by atoms with E-state index < -0.39 is 5.54 Å². The van der Waals surface area contributed by atoms with E-state index in [9.17, 15) is 9.59 Å². The van der Waals surface area contributed by atoms with E-state index >= 15 is 0 Å². The van der Waals surface area contributed by atoms with E-state index in [2.05, 4.69) is 22.3 Å². The van der Waals surface area contributed by atoms with Crippen LogP contribution in [0.2, 0.25) is 0 Å². The first-order valence-electron chi connectivity index (χ1n) is 8.44. The molecular weight excluding hydrogens is 306 g/mol. The Kier molecular flexibility index (Phi) is 4.49. The van der Waals surface area contributed by atoms with Crippen LogP contribution in [0.5, 0.6) is 5.75 Å². The van der Waals surface area contributed by atoms with Crippen LogP contribution in [0.4, 0.5) is 4.79 Å². The number of benzene rings is 1. The minimum absolute atomic E-state index is 0.148. The van der Waals surface area contributed by atoms with Gasteiger partial charge in [-0.05, 0) is 50.9 Å². The van der Waals surface area contributed by atoms with Gasteiger partial charge in [0.2, 0.25) is 0 Å². The molecule has 6 heteroatoms. The molecule has 3 amide bonds. The number of nitrogens with one attached hydrogen (secondary N) is 1. The zero-order chi connectivity index (χ0) is 17.3. The molecule has 0 aromatic heterocycles. The van der Waals surface area contributed by atoms with E-state index in [1.54, 1.807) is 21.0 Å². The number of methoxy groups -OCH3 is 1. The number of likely N-dealkylation sites (tertiary alicyclic amines) is 1. The molecule has 2 aliphatic heterocycles. The van der Waals surface area contributed by atoms with Gasteiger partial charge in [-0.2, -0.15) is 0 Å². The normalized spacial score (nSPS) is 23.6. The van der Waals surface area contributed by atoms with Gasteiger partial charge < -0.3 is 10.1 Å². The van der Waals surface area contributed by atoms with Crippen LogP contribution >= 0.6 is 0 Å². The van der Waals surface area contributed by atoms with Gasteiger partial charge >= 0.3 is 6.03 Å². The third-order valence-corrected chi connectivity index (χ3v) is 4.90. The highest BCUT2D eigenvalue weighted by Gasteiger charge is 2.44. The topological polar surface area (TPSA) is 61.9 Å². The number of hydrogen-bond acceptors (Lipinski definition) is 4. The third-order valence-electron chi connectivity index (χ3n) is 4.90. The van der Waals surface area contributed by atoms with Crippen LogP contribution in [0.1, 0.15) is 38.3 Å². The number of imide groups is 1. The highest BCUT2D eigenvalue weighted by atomic mass is 16.5. The number of urea groups is 1. The quantitative estimate of drug-likeness (QED) is 0.840. The first-order chi connectivity index (χ1) is 11.4. The Balaban J connectivity index is 1.66. The molecule has 3 rings (SSSR count). The Bertz CT molecular complexity index is 644. The molecule has 0 spiro atoms. The Hall–Kier alpha value is -2.08. The summed E-state index contributed by atoms with van der Waals surface area (Å²) in [6.07, 6.45) is 2.20. The Morgan fingerprint density at radius 2 is 2.08 bits per heavy atom. The summed E-state index contributed by atoms with van der Waals surface area (Å²) >= 11 is 0. The van der Waals surface area contributed by atoms with Crippen LogP contribution in [0.25, 0.3) is 0 Å². The monoisotopic (exact) mass is 331 g/mol. The fourth-order valence-corrected chi connectivity index (χ4v) is 3.57. The van der Waals surface area contributed by atoms with Crippen molar-refractivity contribution in [1.29, 1.82) is 0 Å². The summed E-state index contributed by atoms with van der Waals surface area (Å²) in [5.41, 5.74) is 0.429. The lowest BCUT2D eigenvalue weighted by atomic mass is 10.0. The van der Waals surface area contributed by atoms with Gasteiger partial charge in [0.25, 0.3) is 5.91 Å². The molecule has 0 saturated carbocycles. The van der Waals surface area contributed by atoms with Crippen molar-refractivity contribution in [1.82, 2.24) is 15.1 Å². The van der Waals surface area contributed by atoms with Gasteiger partial charge in [0.15, 0.2) is 0 Å². The summed E-state index contributed by atoms with van der Waals surface area (Å²) < 4.78 is 5.32. The molecule has 2 heterocycles. The largest absolute Gasteiger partial charge is 0.497 e. The number of nitrogens with zero attached hydrogens (tertiary/aromatic N) is 2. The van der Waals surface area contributed by atoms with Crippen LogP contribution in [-0.4, -0.2) is 54.0 Å². The molecule has 0 unspecified atom stereocenters. The minimum Gasteiger partial charge on any atom is -0.497 e. The number of carbonyl (C=O) groups excluding carboxylic acids is 2. The van der Waals surface area contributed by atoms with Crippen molar-refractivity contribution >= 4 is 11.9 Å². The molecule has 2 fully saturated rings. The number of ether oxygens (including phenoxy) is 1. The molecule has 1 aromatic carbocycles. The number of hydrogen-bond donors (Lipinski definition) is 1. The molecule has 1 N–H and O–H groups in total. The van der Waals surface area contributed by atoms with Gasteiger partial charge in [-0.3, -0.25) is 14.6 Å². The highest BCUT2D eigenvalue weighted by Crippen LogP contribution is 2.33. The van der Waals surface area contributed by atoms with E-state index in [0.717, 1.165) is 25.1 Å². The van der Waals surface area contributed by atoms with Crippen molar-refractivity contribution in [3.05, 3.63) is 29.8 Å². The molecule has 130 valence electrons. The zero-order valence-corrected chi connectivity index (χ0v) is 14.5. The summed E-state index contributed by atoms with van der Waals surface area (Å²) in [5.74, 6) is 0.708. The molecule has 6 nitrogen and oxygen atoms in total. The van der Waals surface area contributed by atoms with E-state index in [-0.39, 0.29) is 11.9 Å². The molecular formula is C18H25N3O3. The van der Waals surface area contributed by atoms with Crippen molar-refractivity contribution in [2.75, 3.05) is 26.7 Å². The van der Waals surface area contributed by atoms with Crippen LogP contribution in [-0.2, 0) is 4.79 Å². The van der Waals surface area contributed by atoms with E-state index in [0.29, 0.717) is 19.1 Å². The average molecular weight is 331 g/mol. The summed E-state index contributed by atoms with van der Waals surface area (Å²) in [6.45, 7) is 5.57. The second kappa shape index (κ2) is 6.43. The van der Waals surface area contributed by atoms with Gasteiger partial charge in [-0.15, -0.1) is 0 Å². The SMILES string of the molecule is COc1cccc([C@H]2CCCN2CCN2C(=O)NC(C)(C)C2=O)c1. The van der Waals surface area contributed by atoms with Gasteiger partial charge in [0.1, 0.15) is 11.3 Å². The second-order valence-corrected chi connectivity index (χ2v) is 6.98. The van der Waals surface area contributed by atoms with Gasteiger partial charge in [0, 0.05) is 19.1 Å². The molecule has 24 heavy (non-hydrogen) atoms. The van der Waals surface area contributed by atoms with Crippen LogP contribution < -0.4 is 10.1 Å². The molecule has 0 bridgehead atoms. The standard InChI is InChI=1S/C18H25N3O3/c1-18(2)16(22)21(17(23)19-18)11-10-20-9-5-8-15(20)13-6-4-7-14(12-13)24-3/h4,6-7,12,15H,5,8-11H2,1-3H3,(H,19,23)/t15-/m1/s1. The van der Waals surface area contributed by atoms with Crippen molar-refractivity contribution in [2.24, 2.45) is 0 Å².